The monoisotopic (exact) mass is 1130 g/mol. The molecule has 6 heterocycles. The van der Waals surface area contributed by atoms with Gasteiger partial charge in [-0.25, -0.2) is 34.5 Å². The summed E-state index contributed by atoms with van der Waals surface area (Å²) in [6.45, 7) is 15.2. The number of nitrogens with one attached hydrogen (secondary N) is 3. The third-order valence-electron chi connectivity index (χ3n) is 6.67. The summed E-state index contributed by atoms with van der Waals surface area (Å²) in [6.07, 6.45) is 7.67. The fourth-order valence-electron chi connectivity index (χ4n) is 4.19. The fourth-order valence-corrected chi connectivity index (χ4v) is 7.10. The predicted octanol–water partition coefficient (Wildman–Crippen LogP) is 9.13. The Labute approximate surface area is 407 Å². The maximum absolute atomic E-state index is 10.8. The summed E-state index contributed by atoms with van der Waals surface area (Å²) in [7, 11) is -0.240. The summed E-state index contributed by atoms with van der Waals surface area (Å²) in [5.74, 6) is 0.712. The molecular weight excluding hydrogens is 1080 g/mol. The van der Waals surface area contributed by atoms with Crippen LogP contribution in [-0.4, -0.2) is 111 Å². The van der Waals surface area contributed by atoms with E-state index in [1.807, 2.05) is 33.8 Å². The van der Waals surface area contributed by atoms with Crippen molar-refractivity contribution in [2.75, 3.05) is 49.5 Å². The van der Waals surface area contributed by atoms with Gasteiger partial charge in [0.1, 0.15) is 17.5 Å². The van der Waals surface area contributed by atoms with Gasteiger partial charge in [-0.15, -0.1) is 22.7 Å². The number of carboxylic acid groups (broad SMARTS) is 1. The van der Waals surface area contributed by atoms with Gasteiger partial charge in [-0.3, -0.25) is 0 Å². The van der Waals surface area contributed by atoms with E-state index in [0.29, 0.717) is 37.6 Å². The van der Waals surface area contributed by atoms with Crippen molar-refractivity contribution in [3.8, 4) is 10.4 Å². The lowest BCUT2D eigenvalue weighted by atomic mass is 9.81. The lowest BCUT2D eigenvalue weighted by molar-refractivity contribution is -0.0334. The van der Waals surface area contributed by atoms with Gasteiger partial charge in [0.2, 0.25) is 10.0 Å². The summed E-state index contributed by atoms with van der Waals surface area (Å²) in [6, 6.07) is 6.12. The van der Waals surface area contributed by atoms with Gasteiger partial charge >= 0.3 is 19.1 Å². The van der Waals surface area contributed by atoms with Crippen molar-refractivity contribution >= 4 is 138 Å². The number of thiazole rings is 2. The van der Waals surface area contributed by atoms with Crippen LogP contribution in [0.2, 0.25) is 15.1 Å². The number of nitrogens with zero attached hydrogens (tertiary/aromatic N) is 5. The molecule has 1 aliphatic heterocycles. The zero-order chi connectivity index (χ0) is 45.6. The molecule has 0 aliphatic carbocycles. The van der Waals surface area contributed by atoms with Crippen molar-refractivity contribution in [3.63, 3.8) is 0 Å². The molecular formula is C38H50BBrCl3IN8O8S2. The average Bonchev–Trinajstić information content (AvgIpc) is 3.89. The molecule has 6 rings (SSSR count). The zero-order valence-electron chi connectivity index (χ0n) is 34.1. The van der Waals surface area contributed by atoms with E-state index in [2.05, 4.69) is 98.0 Å². The Morgan fingerprint density at radius 3 is 1.61 bits per heavy atom. The molecule has 0 radical (unpaired) electrons. The first-order valence-electron chi connectivity index (χ1n) is 18.1. The summed E-state index contributed by atoms with van der Waals surface area (Å²) < 4.78 is 16.2. The fraction of sp³-hybridized carbons (Fsp3) is 0.395. The van der Waals surface area contributed by atoms with Crippen LogP contribution in [0.15, 0.2) is 53.0 Å². The van der Waals surface area contributed by atoms with E-state index in [4.69, 9.17) is 59.4 Å². The van der Waals surface area contributed by atoms with Crippen molar-refractivity contribution in [1.29, 1.82) is 0 Å². The number of pyridine rings is 3. The first kappa shape index (κ1) is 57.1. The predicted molar refractivity (Wildman–Crippen MR) is 264 cm³/mol. The molecule has 6 N–H and O–H groups in total. The first-order valence-corrected chi connectivity index (χ1v) is 22.8. The molecule has 0 atom stereocenters. The summed E-state index contributed by atoms with van der Waals surface area (Å²) in [5, 5.41) is 38.1. The highest BCUT2D eigenvalue weighted by atomic mass is 127. The van der Waals surface area contributed by atoms with E-state index in [9.17, 15) is 9.59 Å². The van der Waals surface area contributed by atoms with Crippen LogP contribution in [0.5, 0.6) is 0 Å². The second-order valence-electron chi connectivity index (χ2n) is 12.9. The number of carbonyl (C=O) groups excluding carboxylic acids is 1. The quantitative estimate of drug-likeness (QED) is 0.0436. The Bertz CT molecular complexity index is 2110. The van der Waals surface area contributed by atoms with Gasteiger partial charge < -0.3 is 45.3 Å². The van der Waals surface area contributed by atoms with Crippen LogP contribution in [0, 0.1) is 3.57 Å². The molecule has 0 spiro atoms. The molecule has 62 heavy (non-hydrogen) atoms. The summed E-state index contributed by atoms with van der Waals surface area (Å²) >= 11 is 25.3. The van der Waals surface area contributed by atoms with Crippen LogP contribution in [0.25, 0.3) is 10.4 Å². The molecule has 1 fully saturated rings. The number of hydrogen-bond acceptors (Lipinski definition) is 17. The standard InChI is InChI=1S/C12H12ClN3O2S.C8H12BClN2O2.C8H10ClIN2.C5H4BrNO2S.C4H8O2.CH4/c1-6(2)16-10-3-7(8(13)4-14-10)9-5-15-11(19-9)12(17)18;1-5(2)12-8-3-6(9(13)14)7(10)4-11-8;1-5(2)12-8-3-7(10)6(9)4-11-8;1-9-5(8)4-7-2-3(6)10-4;1-2-6-4-3-5-1;/h3-6H,1-2H3,(H,14,16)(H,17,18);3-5,13-14H,1-2H3,(H,11,12);3-5H,1-2H3,(H,11,12);2H,1H3;1-4H2;1H4. The second kappa shape index (κ2) is 30.2. The van der Waals surface area contributed by atoms with Crippen LogP contribution in [0.4, 0.5) is 17.5 Å². The van der Waals surface area contributed by atoms with Crippen LogP contribution in [0.1, 0.15) is 68.6 Å². The van der Waals surface area contributed by atoms with E-state index in [1.54, 1.807) is 24.7 Å². The third-order valence-corrected chi connectivity index (χ3v) is 11.3. The molecule has 5 aromatic heterocycles. The van der Waals surface area contributed by atoms with Gasteiger partial charge in [-0.1, -0.05) is 42.2 Å². The zero-order valence-corrected chi connectivity index (χ0v) is 41.7. The highest BCUT2D eigenvalue weighted by Crippen LogP contribution is 2.33. The second-order valence-corrected chi connectivity index (χ2v) is 18.7. The van der Waals surface area contributed by atoms with Gasteiger partial charge in [0.25, 0.3) is 0 Å². The number of aromatic carboxylic acids is 1. The van der Waals surface area contributed by atoms with Crippen molar-refractivity contribution in [2.24, 2.45) is 0 Å². The lowest BCUT2D eigenvalue weighted by Gasteiger charge is -2.10. The normalized spacial score (nSPS) is 11.5. The molecule has 0 saturated carbocycles. The van der Waals surface area contributed by atoms with E-state index in [0.717, 1.165) is 56.5 Å². The molecule has 1 saturated heterocycles. The van der Waals surface area contributed by atoms with Gasteiger partial charge in [0.05, 0.1) is 63.5 Å². The maximum Gasteiger partial charge on any atom is 0.490 e. The average molecular weight is 1130 g/mol. The van der Waals surface area contributed by atoms with Crippen LogP contribution >= 0.6 is 96.0 Å². The molecule has 0 bridgehead atoms. The molecule has 1 aliphatic rings. The number of rotatable bonds is 10. The minimum absolute atomic E-state index is 0. The number of ether oxygens (including phenoxy) is 3. The van der Waals surface area contributed by atoms with Crippen molar-refractivity contribution in [3.05, 3.63) is 81.6 Å². The molecule has 16 nitrogen and oxygen atoms in total. The smallest absolute Gasteiger partial charge is 0.476 e. The Morgan fingerprint density at radius 1 is 0.742 bits per heavy atom. The summed E-state index contributed by atoms with van der Waals surface area (Å²) in [4.78, 5) is 42.2. The number of carboxylic acids is 1. The van der Waals surface area contributed by atoms with Crippen molar-refractivity contribution < 1.29 is 39.0 Å². The van der Waals surface area contributed by atoms with E-state index in [-0.39, 0.29) is 35.0 Å². The Balaban J connectivity index is 0.000000402. The lowest BCUT2D eigenvalue weighted by Crippen LogP contribution is -2.31. The van der Waals surface area contributed by atoms with Gasteiger partial charge in [0.15, 0.2) is 0 Å². The minimum atomic E-state index is -1.57. The number of halogens is 5. The highest BCUT2D eigenvalue weighted by molar-refractivity contribution is 14.1. The van der Waals surface area contributed by atoms with Crippen LogP contribution < -0.4 is 21.4 Å². The maximum atomic E-state index is 10.8. The van der Waals surface area contributed by atoms with Gasteiger partial charge in [-0.2, -0.15) is 0 Å². The van der Waals surface area contributed by atoms with E-state index < -0.39 is 19.1 Å². The largest absolute Gasteiger partial charge is 0.490 e. The SMILES string of the molecule is C.C1COCCO1.CC(C)Nc1cc(-c2cnc(C(=O)O)s2)c(Cl)cn1.CC(C)Nc1cc(B(O)O)c(Cl)cn1.CC(C)Nc1cc(I)c(Cl)cn1.COC(=O)c1ncc(Br)s1. The van der Waals surface area contributed by atoms with Crippen molar-refractivity contribution in [1.82, 2.24) is 24.9 Å². The molecule has 0 unspecified atom stereocenters. The Kier molecular flexibility index (Phi) is 27.8. The molecule has 24 heteroatoms. The van der Waals surface area contributed by atoms with Crippen LogP contribution in [0.3, 0.4) is 0 Å². The number of esters is 1. The van der Waals surface area contributed by atoms with Gasteiger partial charge in [0, 0.05) is 57.5 Å². The number of anilines is 3. The van der Waals surface area contributed by atoms with Crippen molar-refractivity contribution in [2.45, 2.75) is 67.1 Å². The first-order chi connectivity index (χ1) is 28.8. The number of methoxy groups -OCH3 is 1. The number of hydrogen-bond donors (Lipinski definition) is 6. The van der Waals surface area contributed by atoms with E-state index >= 15 is 0 Å². The summed E-state index contributed by atoms with van der Waals surface area (Å²) in [5.41, 5.74) is 0.981. The molecule has 5 aromatic rings. The molecule has 340 valence electrons. The Morgan fingerprint density at radius 2 is 1.21 bits per heavy atom. The number of aromatic nitrogens is 5. The third kappa shape index (κ3) is 22.1. The minimum Gasteiger partial charge on any atom is -0.476 e. The topological polar surface area (TPSA) is 223 Å². The molecule has 0 amide bonds. The van der Waals surface area contributed by atoms with Crippen LogP contribution in [-0.2, 0) is 14.2 Å². The van der Waals surface area contributed by atoms with Gasteiger partial charge in [-0.05, 0) is 98.3 Å². The Hall–Kier alpha value is -2.97. The molecule has 0 aromatic carbocycles. The van der Waals surface area contributed by atoms with E-state index in [1.165, 1.54) is 36.9 Å². The number of carbonyl (C=O) groups is 2. The highest BCUT2D eigenvalue weighted by Gasteiger charge is 2.17.